The lowest BCUT2D eigenvalue weighted by molar-refractivity contribution is -0.272. The molecule has 1 aliphatic heterocycles. The molecule has 1 aromatic rings. The van der Waals surface area contributed by atoms with Gasteiger partial charge in [-0.1, -0.05) is 11.6 Å². The summed E-state index contributed by atoms with van der Waals surface area (Å²) in [6.45, 7) is 4.03. The average molecular weight is 371 g/mol. The lowest BCUT2D eigenvalue weighted by Crippen LogP contribution is -2.54. The van der Waals surface area contributed by atoms with E-state index in [2.05, 4.69) is 0 Å². The molecule has 1 amide bonds. The van der Waals surface area contributed by atoms with E-state index >= 15 is 0 Å². The average Bonchev–Trinajstić information content (AvgIpc) is 2.56. The zero-order chi connectivity index (χ0) is 18.7. The van der Waals surface area contributed by atoms with Crippen molar-refractivity contribution in [1.82, 2.24) is 10.1 Å². The molecule has 1 heterocycles. The lowest BCUT2D eigenvalue weighted by atomic mass is 9.95. The van der Waals surface area contributed by atoms with Crippen molar-refractivity contribution < 1.29 is 24.7 Å². The van der Waals surface area contributed by atoms with Gasteiger partial charge in [0.15, 0.2) is 0 Å². The summed E-state index contributed by atoms with van der Waals surface area (Å²) in [5.74, 6) is -2.09. The van der Waals surface area contributed by atoms with E-state index in [0.29, 0.717) is 23.1 Å². The predicted octanol–water partition coefficient (Wildman–Crippen LogP) is 2.40. The van der Waals surface area contributed by atoms with Gasteiger partial charge in [-0.15, -0.1) is 0 Å². The number of benzene rings is 1. The Morgan fingerprint density at radius 1 is 1.36 bits per heavy atom. The highest BCUT2D eigenvalue weighted by molar-refractivity contribution is 6.30. The van der Waals surface area contributed by atoms with Gasteiger partial charge in [0.2, 0.25) is 0 Å². The third kappa shape index (κ3) is 4.49. The van der Waals surface area contributed by atoms with Gasteiger partial charge in [-0.25, -0.2) is 5.06 Å². The van der Waals surface area contributed by atoms with Crippen LogP contribution in [0.2, 0.25) is 5.02 Å². The first kappa shape index (κ1) is 19.7. The molecule has 1 fully saturated rings. The molecule has 7 nitrogen and oxygen atoms in total. The molecule has 2 N–H and O–H groups in total. The third-order valence-electron chi connectivity index (χ3n) is 4.64. The Bertz CT molecular complexity index is 643. The zero-order valence-corrected chi connectivity index (χ0v) is 15.3. The Hall–Kier alpha value is -1.67. The highest BCUT2D eigenvalue weighted by Crippen LogP contribution is 2.26. The summed E-state index contributed by atoms with van der Waals surface area (Å²) < 4.78 is 0. The molecule has 0 radical (unpaired) electrons. The van der Waals surface area contributed by atoms with Crippen molar-refractivity contribution in [3.05, 3.63) is 33.8 Å². The van der Waals surface area contributed by atoms with Crippen molar-refractivity contribution in [2.75, 3.05) is 13.7 Å². The van der Waals surface area contributed by atoms with Crippen LogP contribution in [0.5, 0.6) is 0 Å². The Balaban J connectivity index is 2.16. The number of hydrogen-bond donors (Lipinski definition) is 2. The monoisotopic (exact) mass is 370 g/mol. The molecule has 2 atom stereocenters. The van der Waals surface area contributed by atoms with E-state index in [1.165, 1.54) is 12.2 Å². The Morgan fingerprint density at radius 2 is 1.96 bits per heavy atom. The maximum absolute atomic E-state index is 12.6. The van der Waals surface area contributed by atoms with Gasteiger partial charge in [-0.05, 0) is 55.5 Å². The number of hydrogen-bond acceptors (Lipinski definition) is 5. The largest absolute Gasteiger partial charge is 0.481 e. The van der Waals surface area contributed by atoms with Gasteiger partial charge in [-0.3, -0.25) is 14.8 Å². The number of aryl methyl sites for hydroxylation is 2. The van der Waals surface area contributed by atoms with Crippen LogP contribution in [-0.2, 0) is 20.8 Å². The van der Waals surface area contributed by atoms with Gasteiger partial charge in [0.25, 0.3) is 5.91 Å². The molecule has 2 rings (SSSR count). The number of nitrogens with zero attached hydrogens (tertiary/aromatic N) is 2. The summed E-state index contributed by atoms with van der Waals surface area (Å²) in [4.78, 5) is 29.0. The molecule has 25 heavy (non-hydrogen) atoms. The first-order valence-electron chi connectivity index (χ1n) is 8.04. The van der Waals surface area contributed by atoms with Crippen LogP contribution in [0.1, 0.15) is 29.5 Å². The summed E-state index contributed by atoms with van der Waals surface area (Å²) >= 11 is 6.00. The van der Waals surface area contributed by atoms with E-state index in [1.54, 1.807) is 12.1 Å². The van der Waals surface area contributed by atoms with Gasteiger partial charge in [0.1, 0.15) is 6.17 Å². The van der Waals surface area contributed by atoms with E-state index in [1.807, 2.05) is 13.8 Å². The summed E-state index contributed by atoms with van der Waals surface area (Å²) in [6.07, 6.45) is -0.335. The van der Waals surface area contributed by atoms with Crippen LogP contribution in [0, 0.1) is 19.8 Å². The van der Waals surface area contributed by atoms with Crippen molar-refractivity contribution in [2.24, 2.45) is 5.92 Å². The van der Waals surface area contributed by atoms with Gasteiger partial charge in [0, 0.05) is 11.6 Å². The smallest absolute Gasteiger partial charge is 0.306 e. The maximum atomic E-state index is 12.6. The van der Waals surface area contributed by atoms with E-state index < -0.39 is 24.0 Å². The molecule has 1 aliphatic rings. The summed E-state index contributed by atoms with van der Waals surface area (Å²) in [5.41, 5.74) is 2.52. The maximum Gasteiger partial charge on any atom is 0.306 e. The van der Waals surface area contributed by atoms with Crippen LogP contribution in [0.15, 0.2) is 12.1 Å². The fourth-order valence-corrected chi connectivity index (χ4v) is 3.53. The van der Waals surface area contributed by atoms with Gasteiger partial charge < -0.3 is 9.94 Å². The number of aliphatic carboxylic acids is 1. The van der Waals surface area contributed by atoms with E-state index in [9.17, 15) is 19.9 Å². The number of carboxylic acid groups (broad SMARTS) is 1. The molecule has 1 aromatic carbocycles. The van der Waals surface area contributed by atoms with E-state index in [4.69, 9.17) is 16.4 Å². The Morgan fingerprint density at radius 3 is 2.48 bits per heavy atom. The molecular formula is C17H23ClN2O5. The molecule has 8 heteroatoms. The fourth-order valence-electron chi connectivity index (χ4n) is 3.20. The highest BCUT2D eigenvalue weighted by Gasteiger charge is 2.37. The SMILES string of the molecule is CON1CCC(C(=O)O)CC1N(O)C(=O)Cc1c(C)cc(Cl)cc1C. The van der Waals surface area contributed by atoms with E-state index in [0.717, 1.165) is 16.7 Å². The van der Waals surface area contributed by atoms with Crippen LogP contribution in [-0.4, -0.2) is 52.1 Å². The minimum atomic E-state index is -0.939. The number of carbonyl (C=O) groups is 2. The van der Waals surface area contributed by atoms with Crippen LogP contribution < -0.4 is 0 Å². The summed E-state index contributed by atoms with van der Waals surface area (Å²) in [6, 6.07) is 3.53. The first-order valence-corrected chi connectivity index (χ1v) is 8.42. The second-order valence-electron chi connectivity index (χ2n) is 6.30. The van der Waals surface area contributed by atoms with Gasteiger partial charge in [0.05, 0.1) is 19.4 Å². The lowest BCUT2D eigenvalue weighted by Gasteiger charge is -2.39. The van der Waals surface area contributed by atoms with Crippen LogP contribution >= 0.6 is 11.6 Å². The van der Waals surface area contributed by atoms with Crippen molar-refractivity contribution in [2.45, 2.75) is 39.3 Å². The van der Waals surface area contributed by atoms with Gasteiger partial charge >= 0.3 is 5.97 Å². The number of hydroxylamine groups is 4. The minimum absolute atomic E-state index is 0.00285. The summed E-state index contributed by atoms with van der Waals surface area (Å²) in [5, 5.41) is 22.2. The Labute approximate surface area is 151 Å². The molecular weight excluding hydrogens is 348 g/mol. The minimum Gasteiger partial charge on any atom is -0.481 e. The number of halogens is 1. The second kappa shape index (κ2) is 8.14. The number of carbonyl (C=O) groups excluding carboxylic acids is 1. The standard InChI is InChI=1S/C17H23ClN2O5/c1-10-6-13(18)7-11(2)14(10)9-16(21)20(24)15-8-12(17(22)23)4-5-19(15)25-3/h6-7,12,15,24H,4-5,8-9H2,1-3H3,(H,22,23). The predicted molar refractivity (Wildman–Crippen MR) is 91.1 cm³/mol. The van der Waals surface area contributed by atoms with Crippen LogP contribution in [0.25, 0.3) is 0 Å². The third-order valence-corrected chi connectivity index (χ3v) is 4.85. The van der Waals surface area contributed by atoms with E-state index in [-0.39, 0.29) is 12.8 Å². The molecule has 2 unspecified atom stereocenters. The molecule has 0 aliphatic carbocycles. The number of carboxylic acids is 1. The molecule has 138 valence electrons. The number of piperidine rings is 1. The fraction of sp³-hybridized carbons (Fsp3) is 0.529. The Kier molecular flexibility index (Phi) is 6.40. The van der Waals surface area contributed by atoms with Crippen LogP contribution in [0.4, 0.5) is 0 Å². The summed E-state index contributed by atoms with van der Waals surface area (Å²) in [7, 11) is 1.43. The van der Waals surface area contributed by atoms with Crippen LogP contribution in [0.3, 0.4) is 0 Å². The van der Waals surface area contributed by atoms with Gasteiger partial charge in [-0.2, -0.15) is 5.06 Å². The zero-order valence-electron chi connectivity index (χ0n) is 14.5. The second-order valence-corrected chi connectivity index (χ2v) is 6.73. The molecule has 0 bridgehead atoms. The number of amides is 1. The first-order chi connectivity index (χ1) is 11.7. The quantitative estimate of drug-likeness (QED) is 0.611. The molecule has 0 saturated carbocycles. The van der Waals surface area contributed by atoms with Crippen molar-refractivity contribution in [3.8, 4) is 0 Å². The molecule has 0 aromatic heterocycles. The van der Waals surface area contributed by atoms with Crippen molar-refractivity contribution in [1.29, 1.82) is 0 Å². The molecule has 0 spiro atoms. The normalized spacial score (nSPS) is 21.2. The molecule has 1 saturated heterocycles. The number of rotatable bonds is 5. The highest BCUT2D eigenvalue weighted by atomic mass is 35.5. The van der Waals surface area contributed by atoms with Crippen molar-refractivity contribution >= 4 is 23.5 Å². The topological polar surface area (TPSA) is 90.3 Å². The van der Waals surface area contributed by atoms with Crippen molar-refractivity contribution in [3.63, 3.8) is 0 Å².